The molecule has 1 aromatic carbocycles. The molecule has 0 amide bonds. The number of amidine groups is 1. The molecule has 21 heavy (non-hydrogen) atoms. The molecule has 1 aliphatic heterocycles. The molecule has 1 saturated heterocycles. The van der Waals surface area contributed by atoms with Crippen molar-refractivity contribution in [2.75, 3.05) is 24.3 Å². The van der Waals surface area contributed by atoms with Gasteiger partial charge in [-0.15, -0.1) is 0 Å². The molecule has 116 valence electrons. The van der Waals surface area contributed by atoms with Crippen molar-refractivity contribution in [1.29, 1.82) is 0 Å². The number of nitrogens with two attached hydrogens (primary N) is 1. The molecule has 0 spiro atoms. The first-order valence-electron chi connectivity index (χ1n) is 6.49. The predicted molar refractivity (Wildman–Crippen MR) is 85.3 cm³/mol. The van der Waals surface area contributed by atoms with E-state index in [0.717, 1.165) is 17.9 Å². The monoisotopic (exact) mass is 329 g/mol. The average molecular weight is 329 g/mol. The van der Waals surface area contributed by atoms with Crippen LogP contribution in [0.25, 0.3) is 0 Å². The summed E-state index contributed by atoms with van der Waals surface area (Å²) >= 11 is 1.66. The van der Waals surface area contributed by atoms with Gasteiger partial charge in [-0.1, -0.05) is 23.4 Å². The lowest BCUT2D eigenvalue weighted by molar-refractivity contribution is 0.262. The Kier molecular flexibility index (Phi) is 5.13. The number of sulfone groups is 1. The lowest BCUT2D eigenvalue weighted by Crippen LogP contribution is -2.46. The summed E-state index contributed by atoms with van der Waals surface area (Å²) in [5, 5.41) is 11.2. The van der Waals surface area contributed by atoms with E-state index < -0.39 is 15.2 Å². The van der Waals surface area contributed by atoms with E-state index in [9.17, 15) is 8.42 Å². The van der Waals surface area contributed by atoms with E-state index in [1.165, 1.54) is 6.26 Å². The lowest BCUT2D eigenvalue weighted by atomic mass is 10.1. The molecule has 0 saturated carbocycles. The van der Waals surface area contributed by atoms with Gasteiger partial charge in [0.05, 0.1) is 0 Å². The van der Waals surface area contributed by atoms with Gasteiger partial charge in [0.2, 0.25) is 0 Å². The Morgan fingerprint density at radius 3 is 3.00 bits per heavy atom. The zero-order chi connectivity index (χ0) is 15.5. The number of oxime groups is 1. The Labute approximate surface area is 128 Å². The molecular formula is C13H19N3O3S2. The molecule has 0 bridgehead atoms. The van der Waals surface area contributed by atoms with Gasteiger partial charge < -0.3 is 10.9 Å². The first kappa shape index (κ1) is 16.1. The number of nitrogens with zero attached hydrogens (tertiary/aromatic N) is 2. The Morgan fingerprint density at radius 2 is 2.33 bits per heavy atom. The van der Waals surface area contributed by atoms with E-state index >= 15 is 0 Å². The summed E-state index contributed by atoms with van der Waals surface area (Å²) in [4.78, 5) is 1.97. The highest BCUT2D eigenvalue weighted by atomic mass is 32.2. The zero-order valence-electron chi connectivity index (χ0n) is 11.8. The minimum Gasteiger partial charge on any atom is -0.409 e. The third-order valence-corrected chi connectivity index (χ3v) is 6.09. The lowest BCUT2D eigenvalue weighted by Gasteiger charge is -2.34. The molecule has 2 rings (SSSR count). The molecule has 1 heterocycles. The third kappa shape index (κ3) is 4.12. The quantitative estimate of drug-likeness (QED) is 0.365. The summed E-state index contributed by atoms with van der Waals surface area (Å²) in [5.41, 5.74) is 7.15. The SMILES string of the molecule is CS(=O)(=O)C1CSCCN1Cc1cccc(C(N)=NO)c1. The van der Waals surface area contributed by atoms with Gasteiger partial charge in [0.15, 0.2) is 15.7 Å². The maximum atomic E-state index is 11.9. The van der Waals surface area contributed by atoms with Crippen LogP contribution in [0, 0.1) is 0 Å². The van der Waals surface area contributed by atoms with E-state index in [-0.39, 0.29) is 5.84 Å². The van der Waals surface area contributed by atoms with Crippen molar-refractivity contribution in [3.63, 3.8) is 0 Å². The summed E-state index contributed by atoms with van der Waals surface area (Å²) in [6, 6.07) is 7.29. The van der Waals surface area contributed by atoms with Crippen LogP contribution in [0.1, 0.15) is 11.1 Å². The van der Waals surface area contributed by atoms with Crippen LogP contribution < -0.4 is 5.73 Å². The van der Waals surface area contributed by atoms with E-state index in [2.05, 4.69) is 5.16 Å². The molecule has 1 unspecified atom stereocenters. The van der Waals surface area contributed by atoms with E-state index in [1.807, 2.05) is 23.1 Å². The minimum absolute atomic E-state index is 0.0470. The van der Waals surface area contributed by atoms with Gasteiger partial charge >= 0.3 is 0 Å². The number of hydrogen-bond acceptors (Lipinski definition) is 6. The standard InChI is InChI=1S/C13H19N3O3S2/c1-21(18,19)12-9-20-6-5-16(12)8-10-3-2-4-11(7-10)13(14)15-17/h2-4,7,12,17H,5-6,8-9H2,1H3,(H2,14,15). The largest absolute Gasteiger partial charge is 0.409 e. The number of thioether (sulfide) groups is 1. The van der Waals surface area contributed by atoms with Crippen LogP contribution in [-0.2, 0) is 16.4 Å². The van der Waals surface area contributed by atoms with Crippen LogP contribution in [0.3, 0.4) is 0 Å². The summed E-state index contributed by atoms with van der Waals surface area (Å²) in [6.45, 7) is 1.26. The van der Waals surface area contributed by atoms with Crippen LogP contribution in [0.4, 0.5) is 0 Å². The van der Waals surface area contributed by atoms with E-state index in [0.29, 0.717) is 17.9 Å². The van der Waals surface area contributed by atoms with Crippen LogP contribution in [-0.4, -0.2) is 54.0 Å². The van der Waals surface area contributed by atoms with Gasteiger partial charge in [0.1, 0.15) is 5.37 Å². The van der Waals surface area contributed by atoms with Crippen molar-refractivity contribution in [3.05, 3.63) is 35.4 Å². The summed E-state index contributed by atoms with van der Waals surface area (Å²) < 4.78 is 23.8. The maximum absolute atomic E-state index is 11.9. The second-order valence-electron chi connectivity index (χ2n) is 5.02. The van der Waals surface area contributed by atoms with Crippen molar-refractivity contribution in [3.8, 4) is 0 Å². The fourth-order valence-corrected chi connectivity index (χ4v) is 5.25. The summed E-state index contributed by atoms with van der Waals surface area (Å²) in [6.07, 6.45) is 1.28. The molecule has 0 aliphatic carbocycles. The van der Waals surface area contributed by atoms with Gasteiger partial charge in [-0.05, 0) is 11.6 Å². The van der Waals surface area contributed by atoms with E-state index in [1.54, 1.807) is 17.8 Å². The Hall–Kier alpha value is -1.25. The van der Waals surface area contributed by atoms with Crippen molar-refractivity contribution in [2.24, 2.45) is 10.9 Å². The summed E-state index contributed by atoms with van der Waals surface area (Å²) in [7, 11) is -3.11. The molecule has 6 nitrogen and oxygen atoms in total. The summed E-state index contributed by atoms with van der Waals surface area (Å²) in [5.74, 6) is 1.57. The van der Waals surface area contributed by atoms with E-state index in [4.69, 9.17) is 10.9 Å². The minimum atomic E-state index is -3.11. The average Bonchev–Trinajstić information content (AvgIpc) is 2.46. The molecule has 0 radical (unpaired) electrons. The molecular weight excluding hydrogens is 310 g/mol. The Balaban J connectivity index is 2.20. The topological polar surface area (TPSA) is 96.0 Å². The number of rotatable bonds is 4. The Bertz CT molecular complexity index is 631. The van der Waals surface area contributed by atoms with Gasteiger partial charge in [-0.25, -0.2) is 8.42 Å². The second kappa shape index (κ2) is 6.67. The van der Waals surface area contributed by atoms with Crippen LogP contribution >= 0.6 is 11.8 Å². The normalized spacial score (nSPS) is 21.4. The predicted octanol–water partition coefficient (Wildman–Crippen LogP) is 0.701. The number of benzene rings is 1. The molecule has 1 atom stereocenters. The number of hydrogen-bond donors (Lipinski definition) is 2. The fraction of sp³-hybridized carbons (Fsp3) is 0.462. The van der Waals surface area contributed by atoms with Crippen molar-refractivity contribution >= 4 is 27.4 Å². The van der Waals surface area contributed by atoms with Crippen molar-refractivity contribution in [2.45, 2.75) is 11.9 Å². The van der Waals surface area contributed by atoms with Gasteiger partial charge in [-0.3, -0.25) is 4.90 Å². The van der Waals surface area contributed by atoms with Crippen LogP contribution in [0.2, 0.25) is 0 Å². The first-order valence-corrected chi connectivity index (χ1v) is 9.60. The van der Waals surface area contributed by atoms with Crippen LogP contribution in [0.5, 0.6) is 0 Å². The second-order valence-corrected chi connectivity index (χ2v) is 8.37. The third-order valence-electron chi connectivity index (χ3n) is 3.40. The highest BCUT2D eigenvalue weighted by Gasteiger charge is 2.30. The molecule has 1 aromatic rings. The van der Waals surface area contributed by atoms with Crippen molar-refractivity contribution < 1.29 is 13.6 Å². The first-order chi connectivity index (χ1) is 9.91. The highest BCUT2D eigenvalue weighted by Crippen LogP contribution is 2.22. The molecule has 8 heteroatoms. The van der Waals surface area contributed by atoms with Crippen LogP contribution in [0.15, 0.2) is 29.4 Å². The molecule has 1 aliphatic rings. The zero-order valence-corrected chi connectivity index (χ0v) is 13.4. The maximum Gasteiger partial charge on any atom is 0.170 e. The van der Waals surface area contributed by atoms with Gasteiger partial charge in [0, 0.05) is 36.4 Å². The molecule has 1 fully saturated rings. The molecule has 3 N–H and O–H groups in total. The fourth-order valence-electron chi connectivity index (χ4n) is 2.31. The highest BCUT2D eigenvalue weighted by molar-refractivity contribution is 8.00. The Morgan fingerprint density at radius 1 is 1.57 bits per heavy atom. The smallest absolute Gasteiger partial charge is 0.170 e. The van der Waals surface area contributed by atoms with Gasteiger partial charge in [-0.2, -0.15) is 11.8 Å². The van der Waals surface area contributed by atoms with Crippen molar-refractivity contribution in [1.82, 2.24) is 4.90 Å². The molecule has 0 aromatic heterocycles. The van der Waals surface area contributed by atoms with Gasteiger partial charge in [0.25, 0.3) is 0 Å².